The predicted octanol–water partition coefficient (Wildman–Crippen LogP) is 3.43. The first-order valence-electron chi connectivity index (χ1n) is 8.08. The highest BCUT2D eigenvalue weighted by molar-refractivity contribution is 6.19. The third kappa shape index (κ3) is 2.19. The number of benzene rings is 2. The van der Waals surface area contributed by atoms with Gasteiger partial charge in [-0.05, 0) is 43.7 Å². The number of nitrogens with zero attached hydrogens (tertiary/aromatic N) is 3. The van der Waals surface area contributed by atoms with Crippen molar-refractivity contribution in [2.75, 3.05) is 4.90 Å². The van der Waals surface area contributed by atoms with Crippen LogP contribution in [0.25, 0.3) is 0 Å². The van der Waals surface area contributed by atoms with Crippen LogP contribution in [-0.2, 0) is 6.54 Å². The summed E-state index contributed by atoms with van der Waals surface area (Å²) >= 11 is 0. The van der Waals surface area contributed by atoms with E-state index in [0.29, 0.717) is 18.1 Å². The molecule has 2 aromatic rings. The number of amides is 1. The van der Waals surface area contributed by atoms with Crippen LogP contribution < -0.4 is 4.90 Å². The zero-order valence-corrected chi connectivity index (χ0v) is 13.6. The van der Waals surface area contributed by atoms with Gasteiger partial charge in [0.05, 0.1) is 29.9 Å². The SMILES string of the molecule is CC1N=C2N(Cc3ccc(F)cc3)c3ccccc3C(=O)N2C1C. The van der Waals surface area contributed by atoms with E-state index in [-0.39, 0.29) is 23.8 Å². The Morgan fingerprint density at radius 1 is 1.08 bits per heavy atom. The summed E-state index contributed by atoms with van der Waals surface area (Å²) in [7, 11) is 0. The van der Waals surface area contributed by atoms with Gasteiger partial charge in [-0.15, -0.1) is 0 Å². The topological polar surface area (TPSA) is 35.9 Å². The molecule has 0 N–H and O–H groups in total. The number of carbonyl (C=O) groups is 1. The molecule has 0 bridgehead atoms. The second-order valence-corrected chi connectivity index (χ2v) is 6.32. The molecule has 5 heteroatoms. The highest BCUT2D eigenvalue weighted by atomic mass is 19.1. The fourth-order valence-electron chi connectivity index (χ4n) is 3.28. The summed E-state index contributed by atoms with van der Waals surface area (Å²) in [5.74, 6) is 0.426. The fourth-order valence-corrected chi connectivity index (χ4v) is 3.28. The van der Waals surface area contributed by atoms with Crippen LogP contribution >= 0.6 is 0 Å². The standard InChI is InChI=1S/C19H18FN3O/c1-12-13(2)23-18(24)16-5-3-4-6-17(16)22(19(23)21-12)11-14-7-9-15(20)10-8-14/h3-10,12-13H,11H2,1-2H3. The van der Waals surface area contributed by atoms with Crippen molar-refractivity contribution in [3.05, 3.63) is 65.5 Å². The zero-order valence-electron chi connectivity index (χ0n) is 13.6. The largest absolute Gasteiger partial charge is 0.307 e. The third-order valence-electron chi connectivity index (χ3n) is 4.78. The summed E-state index contributed by atoms with van der Waals surface area (Å²) in [5, 5.41) is 0. The molecule has 0 radical (unpaired) electrons. The first kappa shape index (κ1) is 14.9. The molecule has 2 aliphatic rings. The van der Waals surface area contributed by atoms with Gasteiger partial charge in [0.2, 0.25) is 5.96 Å². The average molecular weight is 323 g/mol. The van der Waals surface area contributed by atoms with E-state index in [1.165, 1.54) is 12.1 Å². The van der Waals surface area contributed by atoms with Gasteiger partial charge in [-0.3, -0.25) is 9.69 Å². The minimum atomic E-state index is -0.255. The first-order chi connectivity index (χ1) is 11.6. The molecule has 24 heavy (non-hydrogen) atoms. The molecule has 4 nitrogen and oxygen atoms in total. The number of para-hydroxylation sites is 1. The maximum atomic E-state index is 13.2. The molecule has 122 valence electrons. The van der Waals surface area contributed by atoms with E-state index < -0.39 is 0 Å². The Morgan fingerprint density at radius 2 is 1.79 bits per heavy atom. The molecular formula is C19H18FN3O. The normalized spacial score (nSPS) is 22.3. The summed E-state index contributed by atoms with van der Waals surface area (Å²) in [6, 6.07) is 14.1. The summed E-state index contributed by atoms with van der Waals surface area (Å²) in [6.45, 7) is 4.58. The Kier molecular flexibility index (Phi) is 3.37. The van der Waals surface area contributed by atoms with Gasteiger partial charge in [-0.2, -0.15) is 0 Å². The maximum Gasteiger partial charge on any atom is 0.263 e. The van der Waals surface area contributed by atoms with Crippen LogP contribution in [0.2, 0.25) is 0 Å². The molecule has 4 rings (SSSR count). The summed E-state index contributed by atoms with van der Waals surface area (Å²) in [6.07, 6.45) is 0. The van der Waals surface area contributed by atoms with Crippen LogP contribution in [0.4, 0.5) is 10.1 Å². The van der Waals surface area contributed by atoms with E-state index in [2.05, 4.69) is 0 Å². The molecule has 2 heterocycles. The van der Waals surface area contributed by atoms with Crippen molar-refractivity contribution in [2.24, 2.45) is 4.99 Å². The van der Waals surface area contributed by atoms with E-state index in [0.717, 1.165) is 11.3 Å². The minimum absolute atomic E-state index is 0.00319. The second-order valence-electron chi connectivity index (χ2n) is 6.32. The van der Waals surface area contributed by atoms with Crippen molar-refractivity contribution in [2.45, 2.75) is 32.5 Å². The van der Waals surface area contributed by atoms with Gasteiger partial charge < -0.3 is 4.90 Å². The number of aliphatic imine (C=N–C) groups is 1. The molecule has 0 saturated heterocycles. The van der Waals surface area contributed by atoms with Crippen molar-refractivity contribution >= 4 is 17.6 Å². The summed E-state index contributed by atoms with van der Waals surface area (Å²) in [5.41, 5.74) is 2.50. The molecule has 2 aromatic carbocycles. The van der Waals surface area contributed by atoms with E-state index in [1.54, 1.807) is 17.0 Å². The molecule has 1 amide bonds. The molecule has 2 atom stereocenters. The van der Waals surface area contributed by atoms with Crippen molar-refractivity contribution in [1.82, 2.24) is 4.90 Å². The van der Waals surface area contributed by atoms with Gasteiger partial charge in [0, 0.05) is 0 Å². The molecule has 2 aliphatic heterocycles. The quantitative estimate of drug-likeness (QED) is 0.849. The number of carbonyl (C=O) groups excluding carboxylic acids is 1. The third-order valence-corrected chi connectivity index (χ3v) is 4.78. The van der Waals surface area contributed by atoms with Crippen LogP contribution in [0.1, 0.15) is 29.8 Å². The monoisotopic (exact) mass is 323 g/mol. The lowest BCUT2D eigenvalue weighted by molar-refractivity contribution is 0.0809. The molecule has 0 aromatic heterocycles. The van der Waals surface area contributed by atoms with Gasteiger partial charge >= 0.3 is 0 Å². The van der Waals surface area contributed by atoms with E-state index in [4.69, 9.17) is 4.99 Å². The summed E-state index contributed by atoms with van der Waals surface area (Å²) < 4.78 is 13.2. The molecule has 0 spiro atoms. The number of fused-ring (bicyclic) bond motifs is 2. The van der Waals surface area contributed by atoms with Crippen LogP contribution in [0.3, 0.4) is 0 Å². The van der Waals surface area contributed by atoms with Gasteiger partial charge in [0.15, 0.2) is 0 Å². The van der Waals surface area contributed by atoms with Crippen LogP contribution in [0, 0.1) is 5.82 Å². The van der Waals surface area contributed by atoms with Gasteiger partial charge in [-0.1, -0.05) is 24.3 Å². The van der Waals surface area contributed by atoms with Crippen molar-refractivity contribution in [3.8, 4) is 0 Å². The van der Waals surface area contributed by atoms with Crippen molar-refractivity contribution in [1.29, 1.82) is 0 Å². The van der Waals surface area contributed by atoms with E-state index in [1.807, 2.05) is 43.0 Å². The number of anilines is 1. The highest BCUT2D eigenvalue weighted by Gasteiger charge is 2.43. The number of halogens is 1. The molecule has 0 aliphatic carbocycles. The minimum Gasteiger partial charge on any atom is -0.307 e. The summed E-state index contributed by atoms with van der Waals surface area (Å²) in [4.78, 5) is 21.4. The molecule has 0 fully saturated rings. The first-order valence-corrected chi connectivity index (χ1v) is 8.08. The Morgan fingerprint density at radius 3 is 2.54 bits per heavy atom. The lowest BCUT2D eigenvalue weighted by Gasteiger charge is -2.38. The number of hydrogen-bond donors (Lipinski definition) is 0. The van der Waals surface area contributed by atoms with Crippen LogP contribution in [0.15, 0.2) is 53.5 Å². The number of guanidine groups is 1. The molecule has 0 saturated carbocycles. The zero-order chi connectivity index (χ0) is 16.8. The van der Waals surface area contributed by atoms with Crippen molar-refractivity contribution < 1.29 is 9.18 Å². The van der Waals surface area contributed by atoms with Gasteiger partial charge in [0.1, 0.15) is 5.82 Å². The lowest BCUT2D eigenvalue weighted by atomic mass is 10.0. The molecular weight excluding hydrogens is 305 g/mol. The van der Waals surface area contributed by atoms with Gasteiger partial charge in [-0.25, -0.2) is 9.38 Å². The van der Waals surface area contributed by atoms with Gasteiger partial charge in [0.25, 0.3) is 5.91 Å². The Balaban J connectivity index is 1.80. The van der Waals surface area contributed by atoms with E-state index in [9.17, 15) is 9.18 Å². The van der Waals surface area contributed by atoms with Crippen LogP contribution in [-0.4, -0.2) is 28.9 Å². The highest BCUT2D eigenvalue weighted by Crippen LogP contribution is 2.34. The number of hydrogen-bond acceptors (Lipinski definition) is 3. The Hall–Kier alpha value is -2.69. The number of rotatable bonds is 2. The smallest absolute Gasteiger partial charge is 0.263 e. The second kappa shape index (κ2) is 5.44. The maximum absolute atomic E-state index is 13.2. The van der Waals surface area contributed by atoms with Crippen molar-refractivity contribution in [3.63, 3.8) is 0 Å². The predicted molar refractivity (Wildman–Crippen MR) is 91.6 cm³/mol. The molecule has 2 unspecified atom stereocenters. The lowest BCUT2D eigenvalue weighted by Crippen LogP contribution is -2.52. The average Bonchev–Trinajstić information content (AvgIpc) is 2.89. The van der Waals surface area contributed by atoms with Crippen LogP contribution in [0.5, 0.6) is 0 Å². The Bertz CT molecular complexity index is 831. The Labute approximate surface area is 140 Å². The van der Waals surface area contributed by atoms with E-state index >= 15 is 0 Å². The fraction of sp³-hybridized carbons (Fsp3) is 0.263.